The highest BCUT2D eigenvalue weighted by molar-refractivity contribution is 8.00. The predicted molar refractivity (Wildman–Crippen MR) is 107 cm³/mol. The van der Waals surface area contributed by atoms with Crippen molar-refractivity contribution in [1.29, 1.82) is 0 Å². The Hall–Kier alpha value is -2.87. The average molecular weight is 401 g/mol. The van der Waals surface area contributed by atoms with Crippen LogP contribution >= 0.6 is 11.8 Å². The second-order valence-corrected chi connectivity index (χ2v) is 7.73. The van der Waals surface area contributed by atoms with Crippen molar-refractivity contribution in [2.24, 2.45) is 5.92 Å². The minimum absolute atomic E-state index is 0.0989. The zero-order valence-electron chi connectivity index (χ0n) is 15.4. The van der Waals surface area contributed by atoms with Crippen molar-refractivity contribution in [3.05, 3.63) is 53.8 Å². The number of rotatable bonds is 5. The third kappa shape index (κ3) is 4.51. The molecular formula is C20H20FN3O3S. The summed E-state index contributed by atoms with van der Waals surface area (Å²) in [5.41, 5.74) is 1.02. The molecule has 0 aliphatic carbocycles. The summed E-state index contributed by atoms with van der Waals surface area (Å²) in [4.78, 5) is 37.6. The van der Waals surface area contributed by atoms with E-state index < -0.39 is 23.7 Å². The van der Waals surface area contributed by atoms with E-state index in [0.717, 1.165) is 4.90 Å². The maximum absolute atomic E-state index is 13.8. The Bertz CT molecular complexity index is 933. The molecule has 0 saturated carbocycles. The molecule has 146 valence electrons. The molecule has 1 heterocycles. The van der Waals surface area contributed by atoms with Gasteiger partial charge in [-0.25, -0.2) is 4.39 Å². The second-order valence-electron chi connectivity index (χ2n) is 6.71. The van der Waals surface area contributed by atoms with E-state index in [4.69, 9.17) is 0 Å². The van der Waals surface area contributed by atoms with Crippen LogP contribution in [0.5, 0.6) is 0 Å². The lowest BCUT2D eigenvalue weighted by atomic mass is 10.0. The molecule has 1 aliphatic rings. The van der Waals surface area contributed by atoms with E-state index in [9.17, 15) is 18.8 Å². The molecule has 2 aromatic carbocycles. The third-order valence-corrected chi connectivity index (χ3v) is 5.31. The van der Waals surface area contributed by atoms with E-state index in [1.54, 1.807) is 32.0 Å². The Kier molecular flexibility index (Phi) is 5.99. The maximum atomic E-state index is 13.8. The first-order valence-corrected chi connectivity index (χ1v) is 9.76. The molecule has 0 aromatic heterocycles. The number of nitrogens with one attached hydrogen (secondary N) is 3. The zero-order chi connectivity index (χ0) is 20.3. The van der Waals surface area contributed by atoms with Gasteiger partial charge in [-0.05, 0) is 36.2 Å². The molecule has 6 nitrogen and oxygen atoms in total. The molecule has 0 spiro atoms. The van der Waals surface area contributed by atoms with Gasteiger partial charge in [-0.3, -0.25) is 14.4 Å². The Morgan fingerprint density at radius 2 is 1.93 bits per heavy atom. The fourth-order valence-electron chi connectivity index (χ4n) is 2.78. The minimum atomic E-state index is -0.855. The number of thioether (sulfide) groups is 1. The fraction of sp³-hybridized carbons (Fsp3) is 0.250. The molecule has 0 unspecified atom stereocenters. The molecule has 28 heavy (non-hydrogen) atoms. The van der Waals surface area contributed by atoms with Gasteiger partial charge in [0.05, 0.1) is 17.0 Å². The number of hydrogen-bond donors (Lipinski definition) is 3. The highest BCUT2D eigenvalue weighted by Crippen LogP contribution is 2.33. The summed E-state index contributed by atoms with van der Waals surface area (Å²) < 4.78 is 13.8. The van der Waals surface area contributed by atoms with Crippen LogP contribution in [0.3, 0.4) is 0 Å². The zero-order valence-corrected chi connectivity index (χ0v) is 16.2. The van der Waals surface area contributed by atoms with Crippen molar-refractivity contribution in [2.45, 2.75) is 24.8 Å². The molecule has 3 amide bonds. The molecule has 0 bridgehead atoms. The highest BCUT2D eigenvalue weighted by Gasteiger charge is 2.26. The number of fused-ring (bicyclic) bond motifs is 1. The van der Waals surface area contributed by atoms with E-state index in [2.05, 4.69) is 16.0 Å². The molecule has 3 rings (SSSR count). The van der Waals surface area contributed by atoms with Crippen LogP contribution < -0.4 is 16.0 Å². The van der Waals surface area contributed by atoms with Crippen molar-refractivity contribution < 1.29 is 18.8 Å². The fourth-order valence-corrected chi connectivity index (χ4v) is 3.57. The number of benzene rings is 2. The first kappa shape index (κ1) is 19.9. The topological polar surface area (TPSA) is 87.3 Å². The number of halogens is 1. The van der Waals surface area contributed by atoms with Gasteiger partial charge in [0.15, 0.2) is 0 Å². The van der Waals surface area contributed by atoms with E-state index in [1.165, 1.54) is 30.0 Å². The summed E-state index contributed by atoms with van der Waals surface area (Å²) in [5, 5.41) is 8.11. The molecule has 0 fully saturated rings. The second kappa shape index (κ2) is 8.43. The van der Waals surface area contributed by atoms with Crippen LogP contribution in [0, 0.1) is 11.7 Å². The van der Waals surface area contributed by atoms with Gasteiger partial charge < -0.3 is 16.0 Å². The standard InChI is InChI=1S/C20H20FN3O3S/c1-11(2)18(24-19(26)13-5-3-4-6-14(13)21)20(27)22-12-7-8-16-15(9-12)23-17(25)10-28-16/h3-9,11,18H,10H2,1-2H3,(H,22,27)(H,23,25)(H,24,26)/t18-/m0/s1. The number of hydrogen-bond acceptors (Lipinski definition) is 4. The lowest BCUT2D eigenvalue weighted by Gasteiger charge is -2.23. The third-order valence-electron chi connectivity index (χ3n) is 4.23. The normalized spacial score (nSPS) is 14.1. The summed E-state index contributed by atoms with van der Waals surface area (Å²) in [7, 11) is 0. The lowest BCUT2D eigenvalue weighted by Crippen LogP contribution is -2.47. The van der Waals surface area contributed by atoms with Gasteiger partial charge in [-0.2, -0.15) is 0 Å². The SMILES string of the molecule is CC(C)[C@H](NC(=O)c1ccccc1F)C(=O)Nc1ccc2c(c1)NC(=O)CS2. The maximum Gasteiger partial charge on any atom is 0.254 e. The summed E-state index contributed by atoms with van der Waals surface area (Å²) in [6, 6.07) is 9.98. The number of anilines is 2. The molecular weight excluding hydrogens is 381 g/mol. The van der Waals surface area contributed by atoms with Crippen LogP contribution in [-0.2, 0) is 9.59 Å². The van der Waals surface area contributed by atoms with Crippen molar-refractivity contribution in [2.75, 3.05) is 16.4 Å². The predicted octanol–water partition coefficient (Wildman–Crippen LogP) is 3.26. The van der Waals surface area contributed by atoms with Crippen LogP contribution in [0.15, 0.2) is 47.4 Å². The first-order chi connectivity index (χ1) is 13.3. The molecule has 0 radical (unpaired) electrons. The van der Waals surface area contributed by atoms with Gasteiger partial charge in [0.2, 0.25) is 11.8 Å². The van der Waals surface area contributed by atoms with Gasteiger partial charge in [0.1, 0.15) is 11.9 Å². The largest absolute Gasteiger partial charge is 0.340 e. The van der Waals surface area contributed by atoms with Gasteiger partial charge >= 0.3 is 0 Å². The Morgan fingerprint density at radius 1 is 1.18 bits per heavy atom. The summed E-state index contributed by atoms with van der Waals surface area (Å²) in [5.74, 6) is -1.68. The first-order valence-electron chi connectivity index (χ1n) is 8.78. The highest BCUT2D eigenvalue weighted by atomic mass is 32.2. The van der Waals surface area contributed by atoms with Crippen LogP contribution in [0.2, 0.25) is 0 Å². The average Bonchev–Trinajstić information content (AvgIpc) is 2.65. The lowest BCUT2D eigenvalue weighted by molar-refractivity contribution is -0.119. The van der Waals surface area contributed by atoms with Crippen LogP contribution in [-0.4, -0.2) is 29.5 Å². The number of amides is 3. The van der Waals surface area contributed by atoms with E-state index >= 15 is 0 Å². The van der Waals surface area contributed by atoms with Crippen molar-refractivity contribution in [3.8, 4) is 0 Å². The molecule has 0 saturated heterocycles. The summed E-state index contributed by atoms with van der Waals surface area (Å²) in [6.07, 6.45) is 0. The summed E-state index contributed by atoms with van der Waals surface area (Å²) >= 11 is 1.43. The van der Waals surface area contributed by atoms with Gasteiger partial charge in [-0.1, -0.05) is 26.0 Å². The smallest absolute Gasteiger partial charge is 0.254 e. The van der Waals surface area contributed by atoms with Crippen LogP contribution in [0.25, 0.3) is 0 Å². The summed E-state index contributed by atoms with van der Waals surface area (Å²) in [6.45, 7) is 3.57. The number of carbonyl (C=O) groups excluding carboxylic acids is 3. The van der Waals surface area contributed by atoms with Crippen molar-refractivity contribution in [3.63, 3.8) is 0 Å². The monoisotopic (exact) mass is 401 g/mol. The molecule has 2 aromatic rings. The Labute approximate surface area is 166 Å². The van der Waals surface area contributed by atoms with Crippen molar-refractivity contribution in [1.82, 2.24) is 5.32 Å². The molecule has 1 aliphatic heterocycles. The van der Waals surface area contributed by atoms with Gasteiger partial charge in [-0.15, -0.1) is 11.8 Å². The van der Waals surface area contributed by atoms with Crippen LogP contribution in [0.1, 0.15) is 24.2 Å². The number of carbonyl (C=O) groups is 3. The molecule has 1 atom stereocenters. The van der Waals surface area contributed by atoms with Crippen molar-refractivity contribution >= 4 is 40.9 Å². The minimum Gasteiger partial charge on any atom is -0.340 e. The quantitative estimate of drug-likeness (QED) is 0.718. The van der Waals surface area contributed by atoms with E-state index in [1.807, 2.05) is 6.07 Å². The van der Waals surface area contributed by atoms with Gasteiger partial charge in [0, 0.05) is 10.6 Å². The van der Waals surface area contributed by atoms with Gasteiger partial charge in [0.25, 0.3) is 5.91 Å². The van der Waals surface area contributed by atoms with E-state index in [0.29, 0.717) is 17.1 Å². The Balaban J connectivity index is 1.73. The van der Waals surface area contributed by atoms with Crippen LogP contribution in [0.4, 0.5) is 15.8 Å². The Morgan fingerprint density at radius 3 is 2.64 bits per heavy atom. The molecule has 3 N–H and O–H groups in total. The van der Waals surface area contributed by atoms with E-state index in [-0.39, 0.29) is 17.4 Å². The molecule has 8 heteroatoms.